The zero-order valence-corrected chi connectivity index (χ0v) is 16.2. The average Bonchev–Trinajstić information content (AvgIpc) is 3.20. The SMILES string of the molecule is Cc1ccccc1C[n+]1cncc(-n2cc[n+](Cc3ccccc3O[B]O)c2)c1. The first kappa shape index (κ1) is 18.9. The number of imidazole rings is 1. The van der Waals surface area contributed by atoms with Gasteiger partial charge in [0.25, 0.3) is 6.33 Å². The molecule has 0 unspecified atom stereocenters. The summed E-state index contributed by atoms with van der Waals surface area (Å²) in [4.78, 5) is 4.40. The molecule has 4 aromatic rings. The number of benzene rings is 2. The predicted molar refractivity (Wildman–Crippen MR) is 108 cm³/mol. The molecule has 0 saturated carbocycles. The van der Waals surface area contributed by atoms with Crippen molar-refractivity contribution in [1.82, 2.24) is 9.55 Å². The van der Waals surface area contributed by atoms with E-state index in [1.165, 1.54) is 11.1 Å². The number of nitrogens with zero attached hydrogens (tertiary/aromatic N) is 4. The molecule has 1 radical (unpaired) electrons. The first-order valence-electron chi connectivity index (χ1n) is 9.39. The monoisotopic (exact) mass is 385 g/mol. The highest BCUT2D eigenvalue weighted by atomic mass is 16.5. The molecule has 0 aliphatic heterocycles. The lowest BCUT2D eigenvalue weighted by atomic mass is 10.1. The second-order valence-corrected chi connectivity index (χ2v) is 6.87. The Bertz CT molecular complexity index is 1110. The minimum absolute atomic E-state index is 0.625. The minimum atomic E-state index is 0.625. The number of aromatic nitrogens is 4. The van der Waals surface area contributed by atoms with Gasteiger partial charge < -0.3 is 9.68 Å². The normalized spacial score (nSPS) is 10.7. The highest BCUT2D eigenvalue weighted by molar-refractivity contribution is 6.17. The molecule has 143 valence electrons. The predicted octanol–water partition coefficient (Wildman–Crippen LogP) is 1.76. The molecule has 2 aromatic carbocycles. The highest BCUT2D eigenvalue weighted by Gasteiger charge is 2.14. The molecule has 29 heavy (non-hydrogen) atoms. The van der Waals surface area contributed by atoms with E-state index in [1.807, 2.05) is 60.1 Å². The van der Waals surface area contributed by atoms with Gasteiger partial charge >= 0.3 is 7.69 Å². The van der Waals surface area contributed by atoms with Gasteiger partial charge in [-0.3, -0.25) is 0 Å². The van der Waals surface area contributed by atoms with Crippen LogP contribution in [0.25, 0.3) is 5.69 Å². The van der Waals surface area contributed by atoms with Gasteiger partial charge in [-0.25, -0.2) is 9.13 Å². The number of hydrogen-bond acceptors (Lipinski definition) is 3. The second-order valence-electron chi connectivity index (χ2n) is 6.87. The molecule has 4 rings (SSSR count). The third-order valence-corrected chi connectivity index (χ3v) is 4.83. The van der Waals surface area contributed by atoms with Crippen LogP contribution in [0.5, 0.6) is 5.75 Å². The van der Waals surface area contributed by atoms with Gasteiger partial charge in [0.15, 0.2) is 6.20 Å². The third-order valence-electron chi connectivity index (χ3n) is 4.83. The van der Waals surface area contributed by atoms with Crippen LogP contribution in [0, 0.1) is 6.92 Å². The summed E-state index contributed by atoms with van der Waals surface area (Å²) in [6.07, 6.45) is 11.8. The van der Waals surface area contributed by atoms with Crippen LogP contribution in [0.2, 0.25) is 0 Å². The Morgan fingerprint density at radius 2 is 1.79 bits per heavy atom. The lowest BCUT2D eigenvalue weighted by molar-refractivity contribution is -0.692. The molecule has 0 aliphatic carbocycles. The fourth-order valence-electron chi connectivity index (χ4n) is 3.28. The smallest absolute Gasteiger partial charge is 0.537 e. The average molecular weight is 385 g/mol. The van der Waals surface area contributed by atoms with Crippen LogP contribution >= 0.6 is 0 Å². The summed E-state index contributed by atoms with van der Waals surface area (Å²) in [7, 11) is 0.706. The second kappa shape index (κ2) is 8.71. The molecule has 0 bridgehead atoms. The van der Waals surface area contributed by atoms with Crippen molar-refractivity contribution in [2.24, 2.45) is 0 Å². The van der Waals surface area contributed by atoms with Crippen LogP contribution in [0.3, 0.4) is 0 Å². The van der Waals surface area contributed by atoms with Crippen LogP contribution in [-0.2, 0) is 13.1 Å². The van der Waals surface area contributed by atoms with Gasteiger partial charge in [0.1, 0.15) is 37.4 Å². The zero-order valence-electron chi connectivity index (χ0n) is 16.2. The molecule has 0 fully saturated rings. The summed E-state index contributed by atoms with van der Waals surface area (Å²) in [5.74, 6) is 0.632. The third kappa shape index (κ3) is 4.52. The van der Waals surface area contributed by atoms with E-state index < -0.39 is 0 Å². The minimum Gasteiger partial charge on any atom is -0.537 e. The highest BCUT2D eigenvalue weighted by Crippen LogP contribution is 2.17. The van der Waals surface area contributed by atoms with E-state index in [2.05, 4.69) is 51.5 Å². The Morgan fingerprint density at radius 3 is 2.62 bits per heavy atom. The van der Waals surface area contributed by atoms with Crippen molar-refractivity contribution in [2.75, 3.05) is 0 Å². The van der Waals surface area contributed by atoms with Crippen LogP contribution in [-0.4, -0.2) is 22.3 Å². The summed E-state index contributed by atoms with van der Waals surface area (Å²) in [5, 5.41) is 8.94. The van der Waals surface area contributed by atoms with E-state index in [9.17, 15) is 0 Å². The molecule has 0 saturated heterocycles. The van der Waals surface area contributed by atoms with Crippen LogP contribution < -0.4 is 13.8 Å². The van der Waals surface area contributed by atoms with Crippen molar-refractivity contribution in [3.63, 3.8) is 0 Å². The molecule has 2 heterocycles. The van der Waals surface area contributed by atoms with Crippen molar-refractivity contribution in [3.05, 3.63) is 103 Å². The summed E-state index contributed by atoms with van der Waals surface area (Å²) in [5.41, 5.74) is 4.50. The fraction of sp³-hybridized carbons (Fsp3) is 0.136. The molecule has 0 aliphatic rings. The Morgan fingerprint density at radius 1 is 1.03 bits per heavy atom. The summed E-state index contributed by atoms with van der Waals surface area (Å²) >= 11 is 0. The lowest BCUT2D eigenvalue weighted by Gasteiger charge is -2.07. The molecular weight excluding hydrogens is 363 g/mol. The molecule has 0 amide bonds. The van der Waals surface area contributed by atoms with Gasteiger partial charge in [0.05, 0.1) is 0 Å². The van der Waals surface area contributed by atoms with E-state index in [0.29, 0.717) is 20.0 Å². The Kier molecular flexibility index (Phi) is 5.67. The maximum Gasteiger partial charge on any atom is 0.569 e. The molecule has 2 aromatic heterocycles. The van der Waals surface area contributed by atoms with Crippen LogP contribution in [0.1, 0.15) is 16.7 Å². The quantitative estimate of drug-likeness (QED) is 0.390. The molecule has 7 heteroatoms. The van der Waals surface area contributed by atoms with Gasteiger partial charge in [-0.2, -0.15) is 4.57 Å². The van der Waals surface area contributed by atoms with E-state index in [4.69, 9.17) is 9.68 Å². The van der Waals surface area contributed by atoms with Crippen molar-refractivity contribution >= 4 is 7.69 Å². The van der Waals surface area contributed by atoms with E-state index in [0.717, 1.165) is 17.8 Å². The first-order valence-corrected chi connectivity index (χ1v) is 9.39. The van der Waals surface area contributed by atoms with E-state index in [-0.39, 0.29) is 0 Å². The molecule has 0 atom stereocenters. The standard InChI is InChI=1S/C22H22BN4O2/c1-18-6-2-3-7-19(18)13-26-15-21(12-24-16-26)27-11-10-25(17-27)14-20-8-4-5-9-22(20)29-23-28/h2-12,15-17,28H,13-14H2,1H3/q+2. The van der Waals surface area contributed by atoms with Gasteiger partial charge in [-0.15, -0.1) is 0 Å². The van der Waals surface area contributed by atoms with E-state index in [1.54, 1.807) is 0 Å². The maximum absolute atomic E-state index is 8.94. The molecule has 0 spiro atoms. The molecule has 1 N–H and O–H groups in total. The summed E-state index contributed by atoms with van der Waals surface area (Å²) in [6.45, 7) is 3.52. The van der Waals surface area contributed by atoms with Gasteiger partial charge in [0.2, 0.25) is 12.0 Å². The fourth-order valence-corrected chi connectivity index (χ4v) is 3.28. The lowest BCUT2D eigenvalue weighted by Crippen LogP contribution is -2.35. The zero-order chi connectivity index (χ0) is 20.1. The first-order chi connectivity index (χ1) is 14.2. The van der Waals surface area contributed by atoms with Crippen molar-refractivity contribution < 1.29 is 18.8 Å². The number of rotatable bonds is 7. The molecule has 6 nitrogen and oxygen atoms in total. The van der Waals surface area contributed by atoms with Gasteiger partial charge in [-0.1, -0.05) is 47.4 Å². The maximum atomic E-state index is 8.94. The van der Waals surface area contributed by atoms with Crippen LogP contribution in [0.4, 0.5) is 0 Å². The number of hydrogen-bond donors (Lipinski definition) is 1. The Balaban J connectivity index is 1.53. The molecular formula is C22H22BN4O2+2. The topological polar surface area (TPSA) is 55.0 Å². The van der Waals surface area contributed by atoms with Gasteiger partial charge in [-0.05, 0) is 24.1 Å². The van der Waals surface area contributed by atoms with E-state index >= 15 is 0 Å². The van der Waals surface area contributed by atoms with Crippen LogP contribution in [0.15, 0.2) is 86.0 Å². The largest absolute Gasteiger partial charge is 0.569 e. The summed E-state index contributed by atoms with van der Waals surface area (Å²) < 4.78 is 11.3. The Labute approximate surface area is 170 Å². The van der Waals surface area contributed by atoms with Crippen molar-refractivity contribution in [2.45, 2.75) is 20.0 Å². The number of aryl methyl sites for hydroxylation is 1. The van der Waals surface area contributed by atoms with Gasteiger partial charge in [0, 0.05) is 5.56 Å². The Hall–Kier alpha value is -3.45. The van der Waals surface area contributed by atoms with Crippen molar-refractivity contribution in [3.8, 4) is 11.4 Å². The summed E-state index contributed by atoms with van der Waals surface area (Å²) in [6, 6.07) is 16.0. The van der Waals surface area contributed by atoms with Crippen molar-refractivity contribution in [1.29, 1.82) is 0 Å². The number of para-hydroxylation sites is 1.